The molecule has 2 fully saturated rings. The average Bonchev–Trinajstić information content (AvgIpc) is 3.11. The lowest BCUT2D eigenvalue weighted by Gasteiger charge is -2.58. The van der Waals surface area contributed by atoms with Gasteiger partial charge in [0.15, 0.2) is 0 Å². The second-order valence-corrected chi connectivity index (χ2v) is 13.3. The Morgan fingerprint density at radius 1 is 0.707 bits per heavy atom. The number of carbonyl (C=O) groups excluding carboxylic acids is 2. The molecule has 0 aliphatic carbocycles. The highest BCUT2D eigenvalue weighted by atomic mass is 16.7. The van der Waals surface area contributed by atoms with Gasteiger partial charge in [0.2, 0.25) is 0 Å². The Balaban J connectivity index is 1.48. The summed E-state index contributed by atoms with van der Waals surface area (Å²) in [5.74, 6) is -0.135. The number of carbonyl (C=O) groups is 2. The smallest absolute Gasteiger partial charge is 0.305 e. The summed E-state index contributed by atoms with van der Waals surface area (Å²) in [6, 6.07) is 19.1. The molecule has 0 aromatic heterocycles. The van der Waals surface area contributed by atoms with Crippen molar-refractivity contribution in [1.82, 2.24) is 9.96 Å². The Labute approximate surface area is 248 Å². The molecule has 41 heavy (non-hydrogen) atoms. The van der Waals surface area contributed by atoms with E-state index in [1.807, 2.05) is 65.6 Å². The van der Waals surface area contributed by atoms with Gasteiger partial charge in [0.25, 0.3) is 5.91 Å². The first kappa shape index (κ1) is 31.2. The quantitative estimate of drug-likeness (QED) is 0.171. The van der Waals surface area contributed by atoms with Gasteiger partial charge in [-0.3, -0.25) is 9.63 Å². The van der Waals surface area contributed by atoms with Gasteiger partial charge in [-0.05, 0) is 51.8 Å². The molecule has 224 valence electrons. The molecule has 0 atom stereocenters. The lowest BCUT2D eigenvalue weighted by Crippen LogP contribution is -2.69. The summed E-state index contributed by atoms with van der Waals surface area (Å²) in [4.78, 5) is 38.2. The first-order valence-corrected chi connectivity index (χ1v) is 15.8. The third-order valence-electron chi connectivity index (χ3n) is 8.76. The van der Waals surface area contributed by atoms with E-state index < -0.39 is 16.6 Å². The maximum Gasteiger partial charge on any atom is 0.332 e. The van der Waals surface area contributed by atoms with E-state index in [-0.39, 0.29) is 11.9 Å². The van der Waals surface area contributed by atoms with Crippen molar-refractivity contribution in [3.05, 3.63) is 66.2 Å². The molecule has 3 amide bonds. The molecular formula is C35H51N3O3. The number of urea groups is 1. The Hall–Kier alpha value is -2.70. The number of hydrogen-bond acceptors (Lipinski definition) is 4. The molecule has 2 aromatic rings. The molecule has 6 heteroatoms. The fourth-order valence-corrected chi connectivity index (χ4v) is 7.22. The standard InChI is InChI=1S/C35H51N3O3/c1-6-7-8-9-10-11-12-13-20-25-41-38-33(2,3)27-35(28-34(38,4)5)31(39)37(30-23-18-15-19-24-30)32(40)36(35)26-29-21-16-14-17-22-29/h14-19,21-24H,6-13,20,25-28H2,1-5H3. The Morgan fingerprint density at radius 3 is 1.78 bits per heavy atom. The average molecular weight is 562 g/mol. The number of rotatable bonds is 14. The molecule has 2 aromatic carbocycles. The van der Waals surface area contributed by atoms with Gasteiger partial charge in [0.05, 0.1) is 12.3 Å². The SMILES string of the molecule is CCCCCCCCCCCON1C(C)(C)CC2(CC1(C)C)C(=O)N(c1ccccc1)C(=O)N2Cc1ccccc1. The normalized spacial score (nSPS) is 19.8. The summed E-state index contributed by atoms with van der Waals surface area (Å²) in [6.45, 7) is 11.9. The van der Waals surface area contributed by atoms with Gasteiger partial charge in [0.1, 0.15) is 5.54 Å². The van der Waals surface area contributed by atoms with Crippen LogP contribution in [-0.2, 0) is 16.2 Å². The third-order valence-corrected chi connectivity index (χ3v) is 8.76. The van der Waals surface area contributed by atoms with Gasteiger partial charge in [-0.1, -0.05) is 107 Å². The summed E-state index contributed by atoms with van der Waals surface area (Å²) >= 11 is 0. The lowest BCUT2D eigenvalue weighted by atomic mass is 9.69. The second kappa shape index (κ2) is 13.5. The highest BCUT2D eigenvalue weighted by molar-refractivity contribution is 6.23. The van der Waals surface area contributed by atoms with E-state index in [9.17, 15) is 9.59 Å². The van der Waals surface area contributed by atoms with Gasteiger partial charge in [-0.25, -0.2) is 9.69 Å². The van der Waals surface area contributed by atoms with E-state index in [1.54, 1.807) is 0 Å². The minimum Gasteiger partial charge on any atom is -0.305 e. The molecule has 0 saturated carbocycles. The summed E-state index contributed by atoms with van der Waals surface area (Å²) in [6.07, 6.45) is 12.5. The molecule has 4 rings (SSSR count). The van der Waals surface area contributed by atoms with Crippen LogP contribution < -0.4 is 4.90 Å². The minimum atomic E-state index is -0.965. The highest BCUT2D eigenvalue weighted by Crippen LogP contribution is 2.51. The van der Waals surface area contributed by atoms with Crippen LogP contribution in [0.2, 0.25) is 0 Å². The first-order valence-electron chi connectivity index (χ1n) is 15.8. The van der Waals surface area contributed by atoms with Gasteiger partial charge < -0.3 is 4.90 Å². The predicted molar refractivity (Wildman–Crippen MR) is 166 cm³/mol. The zero-order valence-electron chi connectivity index (χ0n) is 26.0. The van der Waals surface area contributed by atoms with Crippen LogP contribution in [0, 0.1) is 0 Å². The zero-order valence-corrected chi connectivity index (χ0v) is 26.0. The summed E-state index contributed by atoms with van der Waals surface area (Å²) in [5, 5.41) is 2.12. The van der Waals surface area contributed by atoms with Crippen LogP contribution in [0.25, 0.3) is 0 Å². The van der Waals surface area contributed by atoms with Crippen molar-refractivity contribution in [3.8, 4) is 0 Å². The molecule has 0 unspecified atom stereocenters. The fraction of sp³-hybridized carbons (Fsp3) is 0.600. The second-order valence-electron chi connectivity index (χ2n) is 13.3. The van der Waals surface area contributed by atoms with E-state index >= 15 is 0 Å². The van der Waals surface area contributed by atoms with Crippen molar-refractivity contribution in [3.63, 3.8) is 0 Å². The fourth-order valence-electron chi connectivity index (χ4n) is 7.22. The number of piperidine rings is 1. The van der Waals surface area contributed by atoms with E-state index in [0.717, 1.165) is 12.0 Å². The van der Waals surface area contributed by atoms with Gasteiger partial charge in [-0.15, -0.1) is 0 Å². The van der Waals surface area contributed by atoms with Crippen LogP contribution in [0.3, 0.4) is 0 Å². The first-order chi connectivity index (χ1) is 19.6. The molecular weight excluding hydrogens is 510 g/mol. The van der Waals surface area contributed by atoms with E-state index in [4.69, 9.17) is 4.84 Å². The number of anilines is 1. The maximum atomic E-state index is 14.4. The van der Waals surface area contributed by atoms with Crippen LogP contribution >= 0.6 is 0 Å². The number of hydrogen-bond donors (Lipinski definition) is 0. The van der Waals surface area contributed by atoms with Crippen LogP contribution in [0.1, 0.15) is 111 Å². The van der Waals surface area contributed by atoms with Crippen LogP contribution in [0.15, 0.2) is 60.7 Å². The van der Waals surface area contributed by atoms with E-state index in [2.05, 4.69) is 39.7 Å². The van der Waals surface area contributed by atoms with Gasteiger partial charge in [0, 0.05) is 30.5 Å². The molecule has 2 aliphatic rings. The van der Waals surface area contributed by atoms with Crippen molar-refractivity contribution >= 4 is 17.6 Å². The monoisotopic (exact) mass is 561 g/mol. The molecule has 0 radical (unpaired) electrons. The number of benzene rings is 2. The third kappa shape index (κ3) is 7.03. The van der Waals surface area contributed by atoms with E-state index in [1.165, 1.54) is 56.3 Å². The van der Waals surface area contributed by atoms with Crippen molar-refractivity contribution in [2.45, 2.75) is 128 Å². The number of hydroxylamine groups is 2. The summed E-state index contributed by atoms with van der Waals surface area (Å²) in [5.41, 5.74) is -0.246. The van der Waals surface area contributed by atoms with Crippen molar-refractivity contribution < 1.29 is 14.4 Å². The molecule has 0 N–H and O–H groups in total. The van der Waals surface area contributed by atoms with Gasteiger partial charge >= 0.3 is 6.03 Å². The molecule has 2 heterocycles. The Bertz CT molecular complexity index is 1110. The van der Waals surface area contributed by atoms with Crippen LogP contribution in [-0.4, -0.2) is 45.1 Å². The Morgan fingerprint density at radius 2 is 1.22 bits per heavy atom. The molecule has 2 aliphatic heterocycles. The van der Waals surface area contributed by atoms with Crippen molar-refractivity contribution in [2.75, 3.05) is 11.5 Å². The maximum absolute atomic E-state index is 14.4. The molecule has 2 saturated heterocycles. The van der Waals surface area contributed by atoms with Crippen LogP contribution in [0.4, 0.5) is 10.5 Å². The molecule has 1 spiro atoms. The number of amides is 3. The highest BCUT2D eigenvalue weighted by Gasteiger charge is 2.65. The number of para-hydroxylation sites is 1. The predicted octanol–water partition coefficient (Wildman–Crippen LogP) is 8.51. The Kier molecular flexibility index (Phi) is 10.3. The number of unbranched alkanes of at least 4 members (excludes halogenated alkanes) is 8. The lowest BCUT2D eigenvalue weighted by molar-refractivity contribution is -0.293. The molecule has 6 nitrogen and oxygen atoms in total. The van der Waals surface area contributed by atoms with Crippen molar-refractivity contribution in [1.29, 1.82) is 0 Å². The largest absolute Gasteiger partial charge is 0.332 e. The minimum absolute atomic E-state index is 0.135. The van der Waals surface area contributed by atoms with Crippen molar-refractivity contribution in [2.24, 2.45) is 0 Å². The summed E-state index contributed by atoms with van der Waals surface area (Å²) in [7, 11) is 0. The number of imide groups is 1. The zero-order chi connectivity index (χ0) is 29.5. The van der Waals surface area contributed by atoms with Gasteiger partial charge in [-0.2, -0.15) is 5.06 Å². The molecule has 0 bridgehead atoms. The number of nitrogens with zero attached hydrogens (tertiary/aromatic N) is 3. The topological polar surface area (TPSA) is 53.1 Å². The van der Waals surface area contributed by atoms with Crippen LogP contribution in [0.5, 0.6) is 0 Å². The van der Waals surface area contributed by atoms with E-state index in [0.29, 0.717) is 31.7 Å². The summed E-state index contributed by atoms with van der Waals surface area (Å²) < 4.78 is 0.